The van der Waals surface area contributed by atoms with Crippen LogP contribution in [0.1, 0.15) is 84.0 Å². The Balaban J connectivity index is 3.52. The van der Waals surface area contributed by atoms with Crippen molar-refractivity contribution in [3.63, 3.8) is 0 Å². The number of rotatable bonds is 15. The second-order valence-corrected chi connectivity index (χ2v) is 6.04. The van der Waals surface area contributed by atoms with E-state index in [-0.39, 0.29) is 11.8 Å². The van der Waals surface area contributed by atoms with Crippen molar-refractivity contribution in [1.82, 2.24) is 0 Å². The van der Waals surface area contributed by atoms with Crippen LogP contribution in [0.2, 0.25) is 0 Å². The summed E-state index contributed by atoms with van der Waals surface area (Å²) < 4.78 is 4.58. The van der Waals surface area contributed by atoms with E-state index in [4.69, 9.17) is 0 Å². The van der Waals surface area contributed by atoms with Crippen LogP contribution < -0.4 is 0 Å². The molecule has 0 aliphatic carbocycles. The van der Waals surface area contributed by atoms with Crippen LogP contribution >= 0.6 is 0 Å². The van der Waals surface area contributed by atoms with Crippen LogP contribution in [0.15, 0.2) is 12.2 Å². The highest BCUT2D eigenvalue weighted by molar-refractivity contribution is 5.84. The molecular formula is C19H34O4. The molecule has 0 heterocycles. The van der Waals surface area contributed by atoms with Gasteiger partial charge < -0.3 is 9.84 Å². The first-order valence-electron chi connectivity index (χ1n) is 9.04. The van der Waals surface area contributed by atoms with Gasteiger partial charge in [-0.05, 0) is 25.7 Å². The SMILES string of the molecule is CCCCC/C=C/CC(=O)C(O)CCCCCCCC(=O)OC. The van der Waals surface area contributed by atoms with Gasteiger partial charge in [0.15, 0.2) is 5.78 Å². The zero-order valence-electron chi connectivity index (χ0n) is 14.9. The number of unbranched alkanes of at least 4 members (excludes halogenated alkanes) is 7. The molecule has 23 heavy (non-hydrogen) atoms. The average molecular weight is 326 g/mol. The van der Waals surface area contributed by atoms with Crippen molar-refractivity contribution in [2.45, 2.75) is 90.1 Å². The third-order valence-corrected chi connectivity index (χ3v) is 3.92. The number of aliphatic hydroxyl groups excluding tert-OH is 1. The Bertz CT molecular complexity index is 336. The summed E-state index contributed by atoms with van der Waals surface area (Å²) in [7, 11) is 1.40. The Morgan fingerprint density at radius 1 is 1.00 bits per heavy atom. The summed E-state index contributed by atoms with van der Waals surface area (Å²) >= 11 is 0. The standard InChI is InChI=1S/C19H34O4/c1-3-4-5-6-8-11-14-17(20)18(21)15-12-9-7-10-13-16-19(22)23-2/h8,11,18,21H,3-7,9-10,12-16H2,1-2H3/b11-8+. The molecule has 0 aliphatic heterocycles. The van der Waals surface area contributed by atoms with Crippen LogP contribution in [0.3, 0.4) is 0 Å². The highest BCUT2D eigenvalue weighted by atomic mass is 16.5. The van der Waals surface area contributed by atoms with Gasteiger partial charge in [-0.2, -0.15) is 0 Å². The molecule has 1 unspecified atom stereocenters. The van der Waals surface area contributed by atoms with E-state index in [0.29, 0.717) is 19.3 Å². The van der Waals surface area contributed by atoms with Crippen LogP contribution in [0, 0.1) is 0 Å². The van der Waals surface area contributed by atoms with Crippen molar-refractivity contribution in [3.8, 4) is 0 Å². The fraction of sp³-hybridized carbons (Fsp3) is 0.789. The van der Waals surface area contributed by atoms with E-state index in [1.807, 2.05) is 12.2 Å². The molecule has 1 N–H and O–H groups in total. The number of aliphatic hydroxyl groups is 1. The zero-order valence-corrected chi connectivity index (χ0v) is 14.9. The lowest BCUT2D eigenvalue weighted by Crippen LogP contribution is -2.19. The van der Waals surface area contributed by atoms with E-state index in [0.717, 1.165) is 38.5 Å². The van der Waals surface area contributed by atoms with E-state index in [9.17, 15) is 14.7 Å². The molecule has 0 rings (SSSR count). The van der Waals surface area contributed by atoms with Crippen LogP contribution in [0.25, 0.3) is 0 Å². The molecule has 0 aliphatic rings. The lowest BCUT2D eigenvalue weighted by molar-refractivity contribution is -0.140. The average Bonchev–Trinajstić information content (AvgIpc) is 2.56. The Kier molecular flexibility index (Phi) is 14.9. The Morgan fingerprint density at radius 3 is 2.39 bits per heavy atom. The monoisotopic (exact) mass is 326 g/mol. The van der Waals surface area contributed by atoms with E-state index in [1.165, 1.54) is 26.4 Å². The van der Waals surface area contributed by atoms with Crippen molar-refractivity contribution >= 4 is 11.8 Å². The number of hydrogen-bond acceptors (Lipinski definition) is 4. The normalized spacial score (nSPS) is 12.5. The van der Waals surface area contributed by atoms with Crippen LogP contribution in [-0.2, 0) is 14.3 Å². The predicted molar refractivity (Wildman–Crippen MR) is 93.2 cm³/mol. The first-order chi connectivity index (χ1) is 11.1. The molecule has 0 radical (unpaired) electrons. The fourth-order valence-corrected chi connectivity index (χ4v) is 2.37. The lowest BCUT2D eigenvalue weighted by Gasteiger charge is -2.08. The molecule has 0 aromatic carbocycles. The van der Waals surface area contributed by atoms with Gasteiger partial charge in [0.05, 0.1) is 7.11 Å². The highest BCUT2D eigenvalue weighted by Gasteiger charge is 2.12. The molecule has 134 valence electrons. The molecule has 0 aromatic rings. The minimum atomic E-state index is -0.828. The number of ketones is 1. The van der Waals surface area contributed by atoms with Crippen molar-refractivity contribution in [3.05, 3.63) is 12.2 Å². The van der Waals surface area contributed by atoms with E-state index < -0.39 is 6.10 Å². The summed E-state index contributed by atoms with van der Waals surface area (Å²) in [6, 6.07) is 0. The summed E-state index contributed by atoms with van der Waals surface area (Å²) in [6.07, 6.45) is 13.8. The quantitative estimate of drug-likeness (QED) is 0.276. The number of ether oxygens (including phenoxy) is 1. The minimum Gasteiger partial charge on any atom is -0.469 e. The smallest absolute Gasteiger partial charge is 0.305 e. The number of Topliss-reactive ketones (excluding diaryl/α,β-unsaturated/α-hetero) is 1. The van der Waals surface area contributed by atoms with E-state index >= 15 is 0 Å². The van der Waals surface area contributed by atoms with Crippen molar-refractivity contribution < 1.29 is 19.4 Å². The number of allylic oxidation sites excluding steroid dienone is 2. The summed E-state index contributed by atoms with van der Waals surface area (Å²) in [5, 5.41) is 9.82. The van der Waals surface area contributed by atoms with Crippen molar-refractivity contribution in [2.24, 2.45) is 0 Å². The molecule has 0 fully saturated rings. The van der Waals surface area contributed by atoms with Gasteiger partial charge in [0.2, 0.25) is 0 Å². The summed E-state index contributed by atoms with van der Waals surface area (Å²) in [4.78, 5) is 22.7. The maximum absolute atomic E-state index is 11.8. The van der Waals surface area contributed by atoms with Gasteiger partial charge in [0, 0.05) is 12.8 Å². The topological polar surface area (TPSA) is 63.6 Å². The Hall–Kier alpha value is -1.16. The van der Waals surface area contributed by atoms with Gasteiger partial charge in [-0.3, -0.25) is 9.59 Å². The molecule has 4 nitrogen and oxygen atoms in total. The Morgan fingerprint density at radius 2 is 1.70 bits per heavy atom. The third kappa shape index (κ3) is 14.2. The Labute approximate surface area is 141 Å². The predicted octanol–water partition coefficient (Wildman–Crippen LogP) is 4.35. The second-order valence-electron chi connectivity index (χ2n) is 6.04. The zero-order chi connectivity index (χ0) is 17.3. The lowest BCUT2D eigenvalue weighted by atomic mass is 10.0. The van der Waals surface area contributed by atoms with E-state index in [1.54, 1.807) is 0 Å². The molecule has 1 atom stereocenters. The summed E-state index contributed by atoms with van der Waals surface area (Å²) in [5.74, 6) is -0.240. The molecule has 0 spiro atoms. The number of hydrogen-bond donors (Lipinski definition) is 1. The molecule has 0 saturated heterocycles. The van der Waals surface area contributed by atoms with Gasteiger partial charge in [-0.1, -0.05) is 57.6 Å². The fourth-order valence-electron chi connectivity index (χ4n) is 2.37. The molecule has 0 amide bonds. The maximum atomic E-state index is 11.8. The number of carbonyl (C=O) groups excluding carboxylic acids is 2. The van der Waals surface area contributed by atoms with Crippen LogP contribution in [0.5, 0.6) is 0 Å². The summed E-state index contributed by atoms with van der Waals surface area (Å²) in [5.41, 5.74) is 0. The highest BCUT2D eigenvalue weighted by Crippen LogP contribution is 2.10. The maximum Gasteiger partial charge on any atom is 0.305 e. The summed E-state index contributed by atoms with van der Waals surface area (Å²) in [6.45, 7) is 2.17. The van der Waals surface area contributed by atoms with Gasteiger partial charge in [-0.15, -0.1) is 0 Å². The number of carbonyl (C=O) groups is 2. The molecule has 0 bridgehead atoms. The van der Waals surface area contributed by atoms with Crippen molar-refractivity contribution in [2.75, 3.05) is 7.11 Å². The molecule has 0 saturated carbocycles. The largest absolute Gasteiger partial charge is 0.469 e. The second kappa shape index (κ2) is 15.7. The van der Waals surface area contributed by atoms with Crippen LogP contribution in [0.4, 0.5) is 0 Å². The van der Waals surface area contributed by atoms with Gasteiger partial charge in [0.1, 0.15) is 6.10 Å². The van der Waals surface area contributed by atoms with Crippen LogP contribution in [-0.4, -0.2) is 30.1 Å². The molecule has 4 heteroatoms. The van der Waals surface area contributed by atoms with Gasteiger partial charge >= 0.3 is 5.97 Å². The van der Waals surface area contributed by atoms with E-state index in [2.05, 4.69) is 11.7 Å². The van der Waals surface area contributed by atoms with Gasteiger partial charge in [-0.25, -0.2) is 0 Å². The molecular weight excluding hydrogens is 292 g/mol. The van der Waals surface area contributed by atoms with Crippen molar-refractivity contribution in [1.29, 1.82) is 0 Å². The van der Waals surface area contributed by atoms with Gasteiger partial charge in [0.25, 0.3) is 0 Å². The minimum absolute atomic E-state index is 0.0811. The number of methoxy groups -OCH3 is 1. The third-order valence-electron chi connectivity index (χ3n) is 3.92. The first kappa shape index (κ1) is 21.8. The molecule has 0 aromatic heterocycles. The first-order valence-corrected chi connectivity index (χ1v) is 9.04. The number of esters is 1.